The maximum atomic E-state index is 12.7. The van der Waals surface area contributed by atoms with Crippen LogP contribution in [-0.4, -0.2) is 24.5 Å². The summed E-state index contributed by atoms with van der Waals surface area (Å²) >= 11 is 0. The van der Waals surface area contributed by atoms with Crippen LogP contribution in [0.1, 0.15) is 31.9 Å². The Kier molecular flexibility index (Phi) is 4.65. The van der Waals surface area contributed by atoms with E-state index in [1.807, 2.05) is 0 Å². The van der Waals surface area contributed by atoms with Crippen LogP contribution in [0.2, 0.25) is 0 Å². The SMILES string of the molecule is CC[C@@H]([C@H](O)c1ccc(F)cc1)S(=O)(=O)CC. The highest BCUT2D eigenvalue weighted by Crippen LogP contribution is 2.25. The smallest absolute Gasteiger partial charge is 0.155 e. The third-order valence-corrected chi connectivity index (χ3v) is 5.15. The van der Waals surface area contributed by atoms with Crippen LogP contribution in [0, 0.1) is 5.82 Å². The second kappa shape index (κ2) is 5.60. The molecule has 1 aromatic rings. The molecule has 0 aliphatic carbocycles. The van der Waals surface area contributed by atoms with Gasteiger partial charge in [0.05, 0.1) is 11.4 Å². The van der Waals surface area contributed by atoms with E-state index in [2.05, 4.69) is 0 Å². The van der Waals surface area contributed by atoms with E-state index in [4.69, 9.17) is 0 Å². The Balaban J connectivity index is 3.02. The summed E-state index contributed by atoms with van der Waals surface area (Å²) in [6.45, 7) is 3.26. The van der Waals surface area contributed by atoms with Gasteiger partial charge < -0.3 is 5.11 Å². The average Bonchev–Trinajstić information content (AvgIpc) is 2.30. The minimum atomic E-state index is -3.31. The van der Waals surface area contributed by atoms with E-state index >= 15 is 0 Å². The van der Waals surface area contributed by atoms with Crippen molar-refractivity contribution in [3.63, 3.8) is 0 Å². The summed E-state index contributed by atoms with van der Waals surface area (Å²) in [6, 6.07) is 5.25. The normalized spacial score (nSPS) is 15.5. The summed E-state index contributed by atoms with van der Waals surface area (Å²) < 4.78 is 36.3. The zero-order valence-corrected chi connectivity index (χ0v) is 10.7. The van der Waals surface area contributed by atoms with Crippen molar-refractivity contribution >= 4 is 9.84 Å². The third-order valence-electron chi connectivity index (χ3n) is 2.83. The van der Waals surface area contributed by atoms with Gasteiger partial charge in [0.2, 0.25) is 0 Å². The number of sulfone groups is 1. The molecule has 0 amide bonds. The van der Waals surface area contributed by atoms with Crippen molar-refractivity contribution in [2.24, 2.45) is 0 Å². The van der Waals surface area contributed by atoms with Gasteiger partial charge in [0.1, 0.15) is 5.82 Å². The molecule has 2 atom stereocenters. The predicted molar refractivity (Wildman–Crippen MR) is 64.9 cm³/mol. The van der Waals surface area contributed by atoms with Gasteiger partial charge >= 0.3 is 0 Å². The van der Waals surface area contributed by atoms with Gasteiger partial charge in [0.15, 0.2) is 9.84 Å². The van der Waals surface area contributed by atoms with Crippen molar-refractivity contribution < 1.29 is 17.9 Å². The van der Waals surface area contributed by atoms with E-state index < -0.39 is 27.0 Å². The van der Waals surface area contributed by atoms with Gasteiger partial charge in [0, 0.05) is 5.75 Å². The zero-order chi connectivity index (χ0) is 13.1. The summed E-state index contributed by atoms with van der Waals surface area (Å²) in [6.07, 6.45) is -0.778. The van der Waals surface area contributed by atoms with Crippen LogP contribution in [0.3, 0.4) is 0 Å². The van der Waals surface area contributed by atoms with Crippen molar-refractivity contribution in [2.45, 2.75) is 31.6 Å². The highest BCUT2D eigenvalue weighted by molar-refractivity contribution is 7.92. The fourth-order valence-electron chi connectivity index (χ4n) is 1.76. The zero-order valence-electron chi connectivity index (χ0n) is 9.93. The number of hydrogen-bond donors (Lipinski definition) is 1. The Bertz CT molecular complexity index is 453. The maximum absolute atomic E-state index is 12.7. The summed E-state index contributed by atoms with van der Waals surface area (Å²) in [5.41, 5.74) is 0.426. The molecule has 1 N–H and O–H groups in total. The first-order chi connectivity index (χ1) is 7.92. The first-order valence-corrected chi connectivity index (χ1v) is 7.29. The summed E-state index contributed by atoms with van der Waals surface area (Å²) in [5.74, 6) is -0.420. The molecule has 0 aliphatic rings. The fourth-order valence-corrected chi connectivity index (χ4v) is 3.25. The van der Waals surface area contributed by atoms with E-state index in [-0.39, 0.29) is 5.75 Å². The molecule has 0 saturated heterocycles. The Morgan fingerprint density at radius 3 is 2.18 bits per heavy atom. The molecule has 17 heavy (non-hydrogen) atoms. The van der Waals surface area contributed by atoms with Gasteiger partial charge in [-0.1, -0.05) is 26.0 Å². The third kappa shape index (κ3) is 3.26. The van der Waals surface area contributed by atoms with Gasteiger partial charge in [-0.3, -0.25) is 0 Å². The highest BCUT2D eigenvalue weighted by atomic mass is 32.2. The van der Waals surface area contributed by atoms with Crippen LogP contribution < -0.4 is 0 Å². The van der Waals surface area contributed by atoms with Crippen LogP contribution in [0.5, 0.6) is 0 Å². The largest absolute Gasteiger partial charge is 0.387 e. The van der Waals surface area contributed by atoms with Crippen LogP contribution in [0.15, 0.2) is 24.3 Å². The van der Waals surface area contributed by atoms with E-state index in [0.717, 1.165) is 0 Å². The summed E-state index contributed by atoms with van der Waals surface area (Å²) in [7, 11) is -3.31. The van der Waals surface area contributed by atoms with Crippen LogP contribution in [-0.2, 0) is 9.84 Å². The molecule has 0 saturated carbocycles. The second-order valence-electron chi connectivity index (χ2n) is 3.89. The maximum Gasteiger partial charge on any atom is 0.155 e. The lowest BCUT2D eigenvalue weighted by Gasteiger charge is -2.21. The lowest BCUT2D eigenvalue weighted by atomic mass is 10.1. The Hall–Kier alpha value is -0.940. The lowest BCUT2D eigenvalue weighted by molar-refractivity contribution is 0.169. The molecular weight excluding hydrogens is 243 g/mol. The molecule has 0 bridgehead atoms. The average molecular weight is 260 g/mol. The quantitative estimate of drug-likeness (QED) is 0.881. The van der Waals surface area contributed by atoms with Gasteiger partial charge in [-0.15, -0.1) is 0 Å². The Morgan fingerprint density at radius 2 is 1.76 bits per heavy atom. The van der Waals surface area contributed by atoms with E-state index in [1.165, 1.54) is 24.3 Å². The predicted octanol–water partition coefficient (Wildman–Crippen LogP) is 2.07. The van der Waals surface area contributed by atoms with E-state index in [0.29, 0.717) is 12.0 Å². The number of aliphatic hydroxyl groups excluding tert-OH is 1. The van der Waals surface area contributed by atoms with Crippen LogP contribution in [0.4, 0.5) is 4.39 Å². The van der Waals surface area contributed by atoms with Gasteiger partial charge in [-0.2, -0.15) is 0 Å². The summed E-state index contributed by atoms with van der Waals surface area (Å²) in [5, 5.41) is 9.20. The van der Waals surface area contributed by atoms with Gasteiger partial charge in [0.25, 0.3) is 0 Å². The van der Waals surface area contributed by atoms with Crippen molar-refractivity contribution in [3.8, 4) is 0 Å². The first-order valence-electron chi connectivity index (χ1n) is 5.57. The molecule has 0 radical (unpaired) electrons. The van der Waals surface area contributed by atoms with E-state index in [9.17, 15) is 17.9 Å². The molecule has 0 fully saturated rings. The van der Waals surface area contributed by atoms with Gasteiger partial charge in [-0.25, -0.2) is 12.8 Å². The lowest BCUT2D eigenvalue weighted by Crippen LogP contribution is -2.29. The first kappa shape index (κ1) is 14.1. The van der Waals surface area contributed by atoms with Crippen molar-refractivity contribution in [3.05, 3.63) is 35.6 Å². The Labute approximate surface area is 101 Å². The van der Waals surface area contributed by atoms with Gasteiger partial charge in [-0.05, 0) is 24.1 Å². The number of halogens is 1. The number of hydrogen-bond acceptors (Lipinski definition) is 3. The number of rotatable bonds is 5. The van der Waals surface area contributed by atoms with Crippen LogP contribution >= 0.6 is 0 Å². The molecule has 0 aromatic heterocycles. The molecule has 3 nitrogen and oxygen atoms in total. The molecule has 0 heterocycles. The summed E-state index contributed by atoms with van der Waals surface area (Å²) in [4.78, 5) is 0. The molecule has 1 aromatic carbocycles. The topological polar surface area (TPSA) is 54.4 Å². The fraction of sp³-hybridized carbons (Fsp3) is 0.500. The standard InChI is InChI=1S/C12H17FO3S/c1-3-11(17(15,16)4-2)12(14)9-5-7-10(13)8-6-9/h5-8,11-12,14H,3-4H2,1-2H3/t11-,12+/m0/s1. The number of aliphatic hydroxyl groups is 1. The molecule has 0 aliphatic heterocycles. The second-order valence-corrected chi connectivity index (χ2v) is 6.40. The molecule has 5 heteroatoms. The minimum absolute atomic E-state index is 0.0102. The molecule has 96 valence electrons. The number of benzene rings is 1. The highest BCUT2D eigenvalue weighted by Gasteiger charge is 2.30. The molecule has 0 spiro atoms. The van der Waals surface area contributed by atoms with E-state index in [1.54, 1.807) is 13.8 Å². The van der Waals surface area contributed by atoms with Crippen molar-refractivity contribution in [1.82, 2.24) is 0 Å². The minimum Gasteiger partial charge on any atom is -0.387 e. The van der Waals surface area contributed by atoms with Crippen molar-refractivity contribution in [2.75, 3.05) is 5.75 Å². The van der Waals surface area contributed by atoms with Crippen molar-refractivity contribution in [1.29, 1.82) is 0 Å². The molecular formula is C12H17FO3S. The molecule has 0 unspecified atom stereocenters. The van der Waals surface area contributed by atoms with Crippen LogP contribution in [0.25, 0.3) is 0 Å². The Morgan fingerprint density at radius 1 is 1.24 bits per heavy atom. The monoisotopic (exact) mass is 260 g/mol. The molecule has 1 rings (SSSR count).